The van der Waals surface area contributed by atoms with Crippen molar-refractivity contribution in [3.63, 3.8) is 0 Å². The van der Waals surface area contributed by atoms with Gasteiger partial charge in [0.05, 0.1) is 19.3 Å². The molecule has 0 amide bonds. The Hall–Kier alpha value is -0.900. The number of benzene rings is 1. The molecule has 0 aromatic heterocycles. The maximum absolute atomic E-state index is 5.90. The molecule has 1 aromatic carbocycles. The minimum absolute atomic E-state index is 0. The number of unbranched alkanes of at least 4 members (excludes halogenated alkanes) is 1. The summed E-state index contributed by atoms with van der Waals surface area (Å²) in [6.07, 6.45) is 3.44. The Labute approximate surface area is 187 Å². The lowest BCUT2D eigenvalue weighted by Crippen LogP contribution is -2.39. The van der Waals surface area contributed by atoms with E-state index in [0.717, 1.165) is 71.3 Å². The van der Waals surface area contributed by atoms with E-state index in [1.54, 1.807) is 0 Å². The van der Waals surface area contributed by atoms with Gasteiger partial charge in [0.25, 0.3) is 0 Å². The summed E-state index contributed by atoms with van der Waals surface area (Å²) >= 11 is 0. The number of rotatable bonds is 11. The minimum Gasteiger partial charge on any atom is -0.379 e. The Bertz CT molecular complexity index is 524. The van der Waals surface area contributed by atoms with Crippen molar-refractivity contribution in [3.05, 3.63) is 35.9 Å². The van der Waals surface area contributed by atoms with E-state index in [4.69, 9.17) is 9.47 Å². The molecule has 0 bridgehead atoms. The van der Waals surface area contributed by atoms with Gasteiger partial charge < -0.3 is 20.1 Å². The number of hydrogen-bond acceptors (Lipinski definition) is 4. The molecule has 0 spiro atoms. The number of guanidine groups is 1. The first-order chi connectivity index (χ1) is 13.3. The molecule has 28 heavy (non-hydrogen) atoms. The largest absolute Gasteiger partial charge is 0.379 e. The van der Waals surface area contributed by atoms with Crippen molar-refractivity contribution >= 4 is 29.9 Å². The van der Waals surface area contributed by atoms with Crippen LogP contribution in [-0.2, 0) is 9.47 Å². The molecular formula is C21H37IN4O2. The van der Waals surface area contributed by atoms with Gasteiger partial charge >= 0.3 is 0 Å². The van der Waals surface area contributed by atoms with Gasteiger partial charge in [-0.25, -0.2) is 0 Å². The van der Waals surface area contributed by atoms with Crippen molar-refractivity contribution in [2.24, 2.45) is 4.99 Å². The Morgan fingerprint density at radius 3 is 2.46 bits per heavy atom. The summed E-state index contributed by atoms with van der Waals surface area (Å²) in [7, 11) is 1.82. The molecule has 1 unspecified atom stereocenters. The molecule has 2 N–H and O–H groups in total. The number of halogens is 1. The second kappa shape index (κ2) is 16.0. The summed E-state index contributed by atoms with van der Waals surface area (Å²) < 4.78 is 11.3. The smallest absolute Gasteiger partial charge is 0.190 e. The van der Waals surface area contributed by atoms with Gasteiger partial charge in [0, 0.05) is 39.8 Å². The van der Waals surface area contributed by atoms with Gasteiger partial charge in [0.15, 0.2) is 5.96 Å². The molecular weight excluding hydrogens is 467 g/mol. The third-order valence-corrected chi connectivity index (χ3v) is 4.77. The molecule has 160 valence electrons. The van der Waals surface area contributed by atoms with Gasteiger partial charge in [0.1, 0.15) is 0 Å². The number of ether oxygens (including phenoxy) is 2. The second-order valence-electron chi connectivity index (χ2n) is 6.86. The van der Waals surface area contributed by atoms with Gasteiger partial charge in [-0.2, -0.15) is 0 Å². The number of hydrogen-bond donors (Lipinski definition) is 2. The van der Waals surface area contributed by atoms with Crippen molar-refractivity contribution in [1.29, 1.82) is 0 Å². The van der Waals surface area contributed by atoms with E-state index in [-0.39, 0.29) is 30.1 Å². The number of morpholine rings is 1. The summed E-state index contributed by atoms with van der Waals surface area (Å²) in [5, 5.41) is 6.74. The molecule has 0 radical (unpaired) electrons. The summed E-state index contributed by atoms with van der Waals surface area (Å²) in [5.74, 6) is 0.873. The first-order valence-electron chi connectivity index (χ1n) is 10.2. The topological polar surface area (TPSA) is 58.1 Å². The van der Waals surface area contributed by atoms with Crippen LogP contribution >= 0.6 is 24.0 Å². The fourth-order valence-corrected chi connectivity index (χ4v) is 3.07. The lowest BCUT2D eigenvalue weighted by atomic mass is 10.1. The van der Waals surface area contributed by atoms with E-state index in [0.29, 0.717) is 0 Å². The molecule has 1 atom stereocenters. The van der Waals surface area contributed by atoms with E-state index in [2.05, 4.69) is 39.6 Å². The monoisotopic (exact) mass is 504 g/mol. The lowest BCUT2D eigenvalue weighted by Gasteiger charge is -2.26. The zero-order valence-electron chi connectivity index (χ0n) is 17.4. The average Bonchev–Trinajstić information content (AvgIpc) is 2.73. The van der Waals surface area contributed by atoms with Gasteiger partial charge in [0.2, 0.25) is 0 Å². The molecule has 1 aliphatic heterocycles. The van der Waals surface area contributed by atoms with Crippen LogP contribution in [-0.4, -0.2) is 70.5 Å². The highest BCUT2D eigenvalue weighted by Gasteiger charge is 2.09. The van der Waals surface area contributed by atoms with E-state index < -0.39 is 0 Å². The number of aliphatic imine (C=N–C) groups is 1. The van der Waals surface area contributed by atoms with Crippen LogP contribution in [0.5, 0.6) is 0 Å². The van der Waals surface area contributed by atoms with E-state index in [1.807, 2.05) is 25.2 Å². The Morgan fingerprint density at radius 1 is 1.11 bits per heavy atom. The van der Waals surface area contributed by atoms with Crippen molar-refractivity contribution in [1.82, 2.24) is 15.5 Å². The third-order valence-electron chi connectivity index (χ3n) is 4.77. The Balaban J connectivity index is 0.00000392. The van der Waals surface area contributed by atoms with Gasteiger partial charge in [-0.05, 0) is 38.3 Å². The fourth-order valence-electron chi connectivity index (χ4n) is 3.07. The Kier molecular flexibility index (Phi) is 14.3. The van der Waals surface area contributed by atoms with E-state index in [1.165, 1.54) is 12.0 Å². The van der Waals surface area contributed by atoms with Crippen molar-refractivity contribution in [2.75, 3.05) is 59.6 Å². The molecule has 1 saturated heterocycles. The highest BCUT2D eigenvalue weighted by molar-refractivity contribution is 14.0. The fraction of sp³-hybridized carbons (Fsp3) is 0.667. The summed E-state index contributed by atoms with van der Waals surface area (Å²) in [5.41, 5.74) is 1.22. The molecule has 2 rings (SSSR count). The van der Waals surface area contributed by atoms with Crippen molar-refractivity contribution in [3.8, 4) is 0 Å². The van der Waals surface area contributed by atoms with Crippen LogP contribution in [0.25, 0.3) is 0 Å². The zero-order valence-corrected chi connectivity index (χ0v) is 19.7. The minimum atomic E-state index is 0. The van der Waals surface area contributed by atoms with Crippen LogP contribution in [0.2, 0.25) is 0 Å². The highest BCUT2D eigenvalue weighted by atomic mass is 127. The predicted octanol–water partition coefficient (Wildman–Crippen LogP) is 3.05. The van der Waals surface area contributed by atoms with E-state index in [9.17, 15) is 0 Å². The molecule has 1 aromatic rings. The SMILES string of the molecule is CN=C(NCCCCN1CCOCC1)NCCCOC(C)c1ccccc1.I. The molecule has 7 heteroatoms. The van der Waals surface area contributed by atoms with Gasteiger partial charge in [-0.1, -0.05) is 30.3 Å². The first kappa shape index (κ1) is 25.1. The number of nitrogens with zero attached hydrogens (tertiary/aromatic N) is 2. The van der Waals surface area contributed by atoms with Crippen LogP contribution in [0.15, 0.2) is 35.3 Å². The summed E-state index contributed by atoms with van der Waals surface area (Å²) in [6.45, 7) is 9.70. The standard InChI is InChI=1S/C21H36N4O2.HI/c1-19(20-9-4-3-5-10-20)27-16-8-12-24-21(22-2)23-11-6-7-13-25-14-17-26-18-15-25;/h3-5,9-10,19H,6-8,11-18H2,1-2H3,(H2,22,23,24);1H. The molecule has 1 heterocycles. The maximum Gasteiger partial charge on any atom is 0.190 e. The molecule has 0 saturated carbocycles. The maximum atomic E-state index is 5.90. The zero-order chi connectivity index (χ0) is 19.2. The van der Waals surface area contributed by atoms with Gasteiger partial charge in [-0.15, -0.1) is 24.0 Å². The third kappa shape index (κ3) is 10.6. The molecule has 0 aliphatic carbocycles. The van der Waals surface area contributed by atoms with Crippen LogP contribution in [0, 0.1) is 0 Å². The lowest BCUT2D eigenvalue weighted by molar-refractivity contribution is 0.0372. The highest BCUT2D eigenvalue weighted by Crippen LogP contribution is 2.15. The van der Waals surface area contributed by atoms with Crippen LogP contribution in [0.1, 0.15) is 37.9 Å². The van der Waals surface area contributed by atoms with E-state index >= 15 is 0 Å². The Morgan fingerprint density at radius 2 is 1.79 bits per heavy atom. The van der Waals surface area contributed by atoms with Crippen LogP contribution in [0.4, 0.5) is 0 Å². The average molecular weight is 504 g/mol. The normalized spacial score (nSPS) is 16.3. The van der Waals surface area contributed by atoms with Crippen LogP contribution in [0.3, 0.4) is 0 Å². The summed E-state index contributed by atoms with van der Waals surface area (Å²) in [4.78, 5) is 6.76. The number of nitrogens with one attached hydrogen (secondary N) is 2. The summed E-state index contributed by atoms with van der Waals surface area (Å²) in [6, 6.07) is 10.3. The van der Waals surface area contributed by atoms with Crippen LogP contribution < -0.4 is 10.6 Å². The van der Waals surface area contributed by atoms with Crippen molar-refractivity contribution in [2.45, 2.75) is 32.3 Å². The molecule has 1 fully saturated rings. The first-order valence-corrected chi connectivity index (χ1v) is 10.2. The quantitative estimate of drug-likeness (QED) is 0.210. The molecule has 6 nitrogen and oxygen atoms in total. The second-order valence-corrected chi connectivity index (χ2v) is 6.86. The van der Waals surface area contributed by atoms with Gasteiger partial charge in [-0.3, -0.25) is 9.89 Å². The predicted molar refractivity (Wildman–Crippen MR) is 127 cm³/mol. The van der Waals surface area contributed by atoms with Crippen molar-refractivity contribution < 1.29 is 9.47 Å². The molecule has 1 aliphatic rings.